The van der Waals surface area contributed by atoms with Gasteiger partial charge in [0, 0.05) is 37.7 Å². The Kier molecular flexibility index (Phi) is 7.14. The summed E-state index contributed by atoms with van der Waals surface area (Å²) in [5.41, 5.74) is 3.07. The lowest BCUT2D eigenvalue weighted by Gasteiger charge is -2.22. The number of carbonyl (C=O) groups excluding carboxylic acids is 2. The number of benzene rings is 1. The first-order chi connectivity index (χ1) is 16.7. The maximum atomic E-state index is 13.1. The lowest BCUT2D eigenvalue weighted by molar-refractivity contribution is -0.605. The zero-order chi connectivity index (χ0) is 25.1. The largest absolute Gasteiger partial charge is 0.619 e. The Balaban J connectivity index is 1.54. The second-order valence-electron chi connectivity index (χ2n) is 9.65. The smallest absolute Gasteiger partial charge is 0.260 e. The predicted molar refractivity (Wildman–Crippen MR) is 131 cm³/mol. The van der Waals surface area contributed by atoms with Gasteiger partial charge >= 0.3 is 0 Å². The van der Waals surface area contributed by atoms with Crippen LogP contribution in [0.25, 0.3) is 0 Å². The number of hydrogen-bond donors (Lipinski definition) is 1. The molecule has 1 aliphatic heterocycles. The van der Waals surface area contributed by atoms with Gasteiger partial charge in [0.1, 0.15) is 11.4 Å². The number of aryl methyl sites for hydroxylation is 2. The molecule has 1 aliphatic rings. The molecule has 35 heavy (non-hydrogen) atoms. The van der Waals surface area contributed by atoms with Crippen molar-refractivity contribution in [3.63, 3.8) is 0 Å². The van der Waals surface area contributed by atoms with Crippen molar-refractivity contribution in [3.05, 3.63) is 81.8 Å². The maximum absolute atomic E-state index is 13.1. The molecule has 0 bridgehead atoms. The second-order valence-corrected chi connectivity index (χ2v) is 9.65. The Morgan fingerprint density at radius 3 is 2.51 bits per heavy atom. The van der Waals surface area contributed by atoms with Gasteiger partial charge in [-0.05, 0) is 44.4 Å². The summed E-state index contributed by atoms with van der Waals surface area (Å²) in [7, 11) is 0. The number of fused-ring (bicyclic) bond motifs is 1. The van der Waals surface area contributed by atoms with Crippen LogP contribution in [-0.2, 0) is 13.0 Å². The van der Waals surface area contributed by atoms with Crippen LogP contribution >= 0.6 is 0 Å². The van der Waals surface area contributed by atoms with Crippen LogP contribution in [0.1, 0.15) is 69.8 Å². The Morgan fingerprint density at radius 2 is 1.83 bits per heavy atom. The minimum Gasteiger partial charge on any atom is -0.619 e. The molecule has 1 atom stereocenters. The highest BCUT2D eigenvalue weighted by Gasteiger charge is 2.28. The van der Waals surface area contributed by atoms with E-state index in [2.05, 4.69) is 29.4 Å². The molecule has 9 nitrogen and oxygen atoms in total. The number of nitrogens with zero attached hydrogens (tertiary/aromatic N) is 5. The molecule has 0 saturated heterocycles. The van der Waals surface area contributed by atoms with Crippen molar-refractivity contribution in [2.75, 3.05) is 13.1 Å². The Bertz CT molecular complexity index is 1220. The SMILES string of the molecule is Cc1cc(C)cc(C(=O)N[C@@H](CC(C)C)c2nnc3n2CCN(C(=O)c2ccc[n+]([O-])c2)CC3)c1. The first kappa shape index (κ1) is 24.4. The molecule has 1 N–H and O–H groups in total. The summed E-state index contributed by atoms with van der Waals surface area (Å²) in [6.07, 6.45) is 3.90. The number of nitrogens with one attached hydrogen (secondary N) is 1. The van der Waals surface area contributed by atoms with Gasteiger partial charge in [0.05, 0.1) is 6.04 Å². The molecule has 4 rings (SSSR count). The van der Waals surface area contributed by atoms with Crippen molar-refractivity contribution in [1.82, 2.24) is 25.0 Å². The predicted octanol–water partition coefficient (Wildman–Crippen LogP) is 2.74. The third-order valence-electron chi connectivity index (χ3n) is 6.17. The minimum atomic E-state index is -0.305. The molecule has 0 aliphatic carbocycles. The second kappa shape index (κ2) is 10.2. The average molecular weight is 477 g/mol. The number of hydrogen-bond acceptors (Lipinski definition) is 5. The zero-order valence-corrected chi connectivity index (χ0v) is 20.7. The van der Waals surface area contributed by atoms with Gasteiger partial charge in [-0.1, -0.05) is 31.0 Å². The van der Waals surface area contributed by atoms with Crippen molar-refractivity contribution in [3.8, 4) is 0 Å². The molecular weight excluding hydrogens is 444 g/mol. The number of rotatable bonds is 6. The zero-order valence-electron chi connectivity index (χ0n) is 20.7. The van der Waals surface area contributed by atoms with Gasteiger partial charge in [0.15, 0.2) is 18.2 Å². The van der Waals surface area contributed by atoms with Crippen molar-refractivity contribution in [2.45, 2.75) is 53.1 Å². The van der Waals surface area contributed by atoms with Crippen LogP contribution in [0, 0.1) is 25.0 Å². The number of amides is 2. The molecule has 0 saturated carbocycles. The molecular formula is C26H32N6O3. The standard InChI is InChI=1S/C26H32N6O3/c1-17(2)12-22(27-25(33)21-14-18(3)13-19(4)15-21)24-29-28-23-7-9-30(10-11-32(23)24)26(34)20-6-5-8-31(35)16-20/h5-6,8,13-17,22H,7,9-12H2,1-4H3,(H,27,33)/t22-/m0/s1. The highest BCUT2D eigenvalue weighted by Crippen LogP contribution is 2.23. The molecule has 0 radical (unpaired) electrons. The van der Waals surface area contributed by atoms with Crippen LogP contribution in [-0.4, -0.2) is 44.6 Å². The maximum Gasteiger partial charge on any atom is 0.260 e. The summed E-state index contributed by atoms with van der Waals surface area (Å²) in [6.45, 7) is 9.64. The topological polar surface area (TPSA) is 107 Å². The summed E-state index contributed by atoms with van der Waals surface area (Å²) in [5.74, 6) is 1.50. The number of carbonyl (C=O) groups is 2. The molecule has 3 aromatic rings. The average Bonchev–Trinajstić information content (AvgIpc) is 3.08. The summed E-state index contributed by atoms with van der Waals surface area (Å²) in [6, 6.07) is 8.73. The molecule has 0 unspecified atom stereocenters. The quantitative estimate of drug-likeness (QED) is 0.435. The summed E-state index contributed by atoms with van der Waals surface area (Å²) < 4.78 is 2.66. The summed E-state index contributed by atoms with van der Waals surface area (Å²) >= 11 is 0. The molecule has 9 heteroatoms. The third-order valence-corrected chi connectivity index (χ3v) is 6.17. The van der Waals surface area contributed by atoms with E-state index in [1.165, 1.54) is 12.4 Å². The first-order valence-corrected chi connectivity index (χ1v) is 12.0. The Morgan fingerprint density at radius 1 is 1.09 bits per heavy atom. The molecule has 2 amide bonds. The molecule has 3 heterocycles. The van der Waals surface area contributed by atoms with Crippen molar-refractivity contribution in [2.24, 2.45) is 5.92 Å². The van der Waals surface area contributed by atoms with E-state index in [0.29, 0.717) is 60.1 Å². The van der Waals surface area contributed by atoms with Crippen LogP contribution in [0.15, 0.2) is 42.7 Å². The van der Waals surface area contributed by atoms with E-state index in [1.54, 1.807) is 17.0 Å². The number of pyridine rings is 1. The molecule has 184 valence electrons. The minimum absolute atomic E-state index is 0.139. The van der Waals surface area contributed by atoms with Crippen molar-refractivity contribution >= 4 is 11.8 Å². The lowest BCUT2D eigenvalue weighted by atomic mass is 10.0. The van der Waals surface area contributed by atoms with Crippen LogP contribution < -0.4 is 10.0 Å². The van der Waals surface area contributed by atoms with E-state index in [9.17, 15) is 14.8 Å². The Labute approximate surface area is 205 Å². The van der Waals surface area contributed by atoms with E-state index < -0.39 is 0 Å². The van der Waals surface area contributed by atoms with Crippen molar-refractivity contribution < 1.29 is 14.3 Å². The fourth-order valence-corrected chi connectivity index (χ4v) is 4.62. The highest BCUT2D eigenvalue weighted by molar-refractivity contribution is 5.95. The van der Waals surface area contributed by atoms with E-state index in [4.69, 9.17) is 0 Å². The van der Waals surface area contributed by atoms with Gasteiger partial charge in [-0.15, -0.1) is 10.2 Å². The van der Waals surface area contributed by atoms with Gasteiger partial charge in [0.25, 0.3) is 11.8 Å². The van der Waals surface area contributed by atoms with E-state index >= 15 is 0 Å². The fourth-order valence-electron chi connectivity index (χ4n) is 4.62. The van der Waals surface area contributed by atoms with Crippen LogP contribution in [0.4, 0.5) is 0 Å². The lowest BCUT2D eigenvalue weighted by Crippen LogP contribution is -2.36. The van der Waals surface area contributed by atoms with Crippen LogP contribution in [0.3, 0.4) is 0 Å². The molecule has 2 aromatic heterocycles. The van der Waals surface area contributed by atoms with E-state index in [1.807, 2.05) is 36.6 Å². The van der Waals surface area contributed by atoms with Gasteiger partial charge in [0.2, 0.25) is 0 Å². The van der Waals surface area contributed by atoms with E-state index in [-0.39, 0.29) is 17.9 Å². The van der Waals surface area contributed by atoms with E-state index in [0.717, 1.165) is 17.0 Å². The highest BCUT2D eigenvalue weighted by atomic mass is 16.5. The molecule has 0 spiro atoms. The summed E-state index contributed by atoms with van der Waals surface area (Å²) in [5, 5.41) is 23.7. The fraction of sp³-hybridized carbons (Fsp3) is 0.423. The normalized spacial score (nSPS) is 14.4. The monoisotopic (exact) mass is 476 g/mol. The van der Waals surface area contributed by atoms with Crippen LogP contribution in [0.5, 0.6) is 0 Å². The van der Waals surface area contributed by atoms with Gasteiger partial charge in [-0.2, -0.15) is 4.73 Å². The van der Waals surface area contributed by atoms with Gasteiger partial charge in [-0.25, -0.2) is 0 Å². The van der Waals surface area contributed by atoms with Gasteiger partial charge in [-0.3, -0.25) is 9.59 Å². The Hall–Kier alpha value is -3.75. The first-order valence-electron chi connectivity index (χ1n) is 12.0. The van der Waals surface area contributed by atoms with Gasteiger partial charge < -0.3 is 20.0 Å². The molecule has 0 fully saturated rings. The van der Waals surface area contributed by atoms with Crippen molar-refractivity contribution in [1.29, 1.82) is 0 Å². The summed E-state index contributed by atoms with van der Waals surface area (Å²) in [4.78, 5) is 27.9. The molecule has 1 aromatic carbocycles. The third kappa shape index (κ3) is 5.67. The number of aromatic nitrogens is 4. The van der Waals surface area contributed by atoms with Crippen LogP contribution in [0.2, 0.25) is 0 Å².